The van der Waals surface area contributed by atoms with Gasteiger partial charge in [0.25, 0.3) is 5.91 Å². The van der Waals surface area contributed by atoms with E-state index in [1.807, 2.05) is 41.3 Å². The Kier molecular flexibility index (Phi) is 4.79. The molecule has 0 saturated carbocycles. The number of amides is 1. The average molecular weight is 365 g/mol. The maximum atomic E-state index is 13.4. The summed E-state index contributed by atoms with van der Waals surface area (Å²) in [6, 6.07) is 16.1. The highest BCUT2D eigenvalue weighted by atomic mass is 16.5. The first kappa shape index (κ1) is 18.2. The van der Waals surface area contributed by atoms with E-state index in [9.17, 15) is 4.79 Å². The van der Waals surface area contributed by atoms with E-state index in [1.54, 1.807) is 0 Å². The molecule has 2 atom stereocenters. The average Bonchev–Trinajstić information content (AvgIpc) is 3.16. The molecule has 2 aromatic rings. The second-order valence-electron chi connectivity index (χ2n) is 8.54. The summed E-state index contributed by atoms with van der Waals surface area (Å²) in [7, 11) is 0. The van der Waals surface area contributed by atoms with E-state index in [1.165, 1.54) is 0 Å². The summed E-state index contributed by atoms with van der Waals surface area (Å²) in [4.78, 5) is 15.4. The van der Waals surface area contributed by atoms with Crippen molar-refractivity contribution in [3.8, 4) is 0 Å². The number of hydrogen-bond acceptors (Lipinski definition) is 3. The number of ether oxygens (including phenoxy) is 2. The Labute approximate surface area is 161 Å². The predicted molar refractivity (Wildman–Crippen MR) is 104 cm³/mol. The molecular formula is C23H27NO3. The smallest absolute Gasteiger partial charge is 0.254 e. The van der Waals surface area contributed by atoms with Gasteiger partial charge in [-0.05, 0) is 28.2 Å². The van der Waals surface area contributed by atoms with E-state index in [-0.39, 0.29) is 23.5 Å². The van der Waals surface area contributed by atoms with Gasteiger partial charge in [0.1, 0.15) is 6.10 Å². The Morgan fingerprint density at radius 1 is 1.00 bits per heavy atom. The van der Waals surface area contributed by atoms with Crippen molar-refractivity contribution < 1.29 is 14.3 Å². The van der Waals surface area contributed by atoms with Crippen molar-refractivity contribution in [2.75, 3.05) is 13.1 Å². The van der Waals surface area contributed by atoms with E-state index in [2.05, 4.69) is 32.9 Å². The topological polar surface area (TPSA) is 38.8 Å². The summed E-state index contributed by atoms with van der Waals surface area (Å²) in [5, 5.41) is 0. The normalized spacial score (nSPS) is 22.6. The minimum Gasteiger partial charge on any atom is -0.372 e. The van der Waals surface area contributed by atoms with Crippen LogP contribution in [0.25, 0.3) is 0 Å². The first-order chi connectivity index (χ1) is 12.9. The molecule has 0 aromatic heterocycles. The van der Waals surface area contributed by atoms with Crippen LogP contribution >= 0.6 is 0 Å². The van der Waals surface area contributed by atoms with E-state index in [4.69, 9.17) is 9.47 Å². The third-order valence-electron chi connectivity index (χ3n) is 5.53. The van der Waals surface area contributed by atoms with Gasteiger partial charge in [-0.15, -0.1) is 0 Å². The molecular weight excluding hydrogens is 338 g/mol. The third-order valence-corrected chi connectivity index (χ3v) is 5.53. The van der Waals surface area contributed by atoms with Crippen molar-refractivity contribution in [2.24, 2.45) is 5.41 Å². The van der Waals surface area contributed by atoms with Crippen LogP contribution in [0, 0.1) is 5.41 Å². The molecule has 142 valence electrons. The molecule has 0 N–H and O–H groups in total. The highest BCUT2D eigenvalue weighted by Crippen LogP contribution is 2.34. The van der Waals surface area contributed by atoms with Crippen LogP contribution in [0.15, 0.2) is 48.5 Å². The Balaban J connectivity index is 1.65. The summed E-state index contributed by atoms with van der Waals surface area (Å²) >= 11 is 0. The molecule has 4 nitrogen and oxygen atoms in total. The number of hydrogen-bond donors (Lipinski definition) is 0. The molecule has 2 heterocycles. The van der Waals surface area contributed by atoms with Crippen LogP contribution in [0.1, 0.15) is 53.9 Å². The van der Waals surface area contributed by atoms with Crippen LogP contribution in [-0.2, 0) is 22.7 Å². The zero-order valence-corrected chi connectivity index (χ0v) is 16.3. The van der Waals surface area contributed by atoms with Gasteiger partial charge in [0.15, 0.2) is 0 Å². The van der Waals surface area contributed by atoms with Crippen molar-refractivity contribution in [1.29, 1.82) is 0 Å². The first-order valence-corrected chi connectivity index (χ1v) is 9.61. The van der Waals surface area contributed by atoms with Crippen molar-refractivity contribution in [3.05, 3.63) is 70.8 Å². The highest BCUT2D eigenvalue weighted by molar-refractivity contribution is 5.96. The van der Waals surface area contributed by atoms with Crippen LogP contribution < -0.4 is 0 Å². The Bertz CT molecular complexity index is 825. The zero-order chi connectivity index (χ0) is 19.0. The van der Waals surface area contributed by atoms with Gasteiger partial charge in [0, 0.05) is 12.1 Å². The Morgan fingerprint density at radius 2 is 1.78 bits per heavy atom. The van der Waals surface area contributed by atoms with Gasteiger partial charge in [-0.25, -0.2) is 0 Å². The quantitative estimate of drug-likeness (QED) is 0.794. The summed E-state index contributed by atoms with van der Waals surface area (Å²) < 4.78 is 12.0. The molecule has 0 bridgehead atoms. The lowest BCUT2D eigenvalue weighted by Gasteiger charge is -2.43. The predicted octanol–water partition coefficient (Wildman–Crippen LogP) is 4.35. The summed E-state index contributed by atoms with van der Waals surface area (Å²) in [6.07, 6.45) is -0.130. The second kappa shape index (κ2) is 7.10. The van der Waals surface area contributed by atoms with Gasteiger partial charge >= 0.3 is 0 Å². The van der Waals surface area contributed by atoms with Crippen molar-refractivity contribution in [3.63, 3.8) is 0 Å². The second-order valence-corrected chi connectivity index (χ2v) is 8.54. The molecule has 1 saturated heterocycles. The number of morpholine rings is 1. The van der Waals surface area contributed by atoms with E-state index in [0.29, 0.717) is 26.3 Å². The SMILES string of the molecule is CC(C)(C)[C@H]1CN(C(=O)c2cccc3c2COC3)C[C@@H](c2ccccc2)O1. The molecule has 4 rings (SSSR count). The molecule has 2 aliphatic heterocycles. The summed E-state index contributed by atoms with van der Waals surface area (Å²) in [5.41, 5.74) is 4.00. The Hall–Kier alpha value is -2.17. The van der Waals surface area contributed by atoms with Crippen LogP contribution in [0.5, 0.6) is 0 Å². The number of rotatable bonds is 2. The van der Waals surface area contributed by atoms with Crippen molar-refractivity contribution in [2.45, 2.75) is 46.2 Å². The van der Waals surface area contributed by atoms with Crippen molar-refractivity contribution in [1.82, 2.24) is 4.90 Å². The third kappa shape index (κ3) is 3.64. The van der Waals surface area contributed by atoms with Crippen LogP contribution in [0.3, 0.4) is 0 Å². The van der Waals surface area contributed by atoms with Crippen LogP contribution in [0.2, 0.25) is 0 Å². The van der Waals surface area contributed by atoms with Gasteiger partial charge in [-0.2, -0.15) is 0 Å². The van der Waals surface area contributed by atoms with Gasteiger partial charge in [0.2, 0.25) is 0 Å². The zero-order valence-electron chi connectivity index (χ0n) is 16.3. The lowest BCUT2D eigenvalue weighted by molar-refractivity contribution is -0.119. The van der Waals surface area contributed by atoms with E-state index in [0.717, 1.165) is 22.3 Å². The molecule has 0 radical (unpaired) electrons. The molecule has 2 aromatic carbocycles. The van der Waals surface area contributed by atoms with E-state index >= 15 is 0 Å². The molecule has 0 unspecified atom stereocenters. The lowest BCUT2D eigenvalue weighted by Crippen LogP contribution is -2.51. The summed E-state index contributed by atoms with van der Waals surface area (Å²) in [6.45, 7) is 8.80. The standard InChI is InChI=1S/C23H27NO3/c1-23(2,3)21-13-24(12-20(27-21)16-8-5-4-6-9-16)22(25)18-11-7-10-17-14-26-15-19(17)18/h4-11,20-21H,12-15H2,1-3H3/t20-,21+/m0/s1. The van der Waals surface area contributed by atoms with Gasteiger partial charge in [0.05, 0.1) is 25.9 Å². The first-order valence-electron chi connectivity index (χ1n) is 9.61. The van der Waals surface area contributed by atoms with Crippen molar-refractivity contribution >= 4 is 5.91 Å². The number of fused-ring (bicyclic) bond motifs is 1. The molecule has 0 spiro atoms. The molecule has 4 heteroatoms. The van der Waals surface area contributed by atoms with Gasteiger partial charge in [-0.3, -0.25) is 4.79 Å². The minimum absolute atomic E-state index is 0.0200. The number of carbonyl (C=O) groups excluding carboxylic acids is 1. The van der Waals surface area contributed by atoms with Crippen LogP contribution in [0.4, 0.5) is 0 Å². The minimum atomic E-state index is -0.110. The number of nitrogens with zero attached hydrogens (tertiary/aromatic N) is 1. The lowest BCUT2D eigenvalue weighted by atomic mass is 9.87. The fourth-order valence-electron chi connectivity index (χ4n) is 3.83. The molecule has 27 heavy (non-hydrogen) atoms. The largest absolute Gasteiger partial charge is 0.372 e. The molecule has 1 amide bonds. The van der Waals surface area contributed by atoms with Gasteiger partial charge in [-0.1, -0.05) is 63.2 Å². The number of carbonyl (C=O) groups is 1. The van der Waals surface area contributed by atoms with Crippen LogP contribution in [-0.4, -0.2) is 30.0 Å². The maximum Gasteiger partial charge on any atom is 0.254 e. The van der Waals surface area contributed by atoms with Gasteiger partial charge < -0.3 is 14.4 Å². The summed E-state index contributed by atoms with van der Waals surface area (Å²) in [5.74, 6) is 0.0795. The number of benzene rings is 2. The molecule has 2 aliphatic rings. The molecule has 0 aliphatic carbocycles. The fraction of sp³-hybridized carbons (Fsp3) is 0.435. The highest BCUT2D eigenvalue weighted by Gasteiger charge is 2.38. The maximum absolute atomic E-state index is 13.4. The monoisotopic (exact) mass is 365 g/mol. The fourth-order valence-corrected chi connectivity index (χ4v) is 3.83. The molecule has 1 fully saturated rings. The Morgan fingerprint density at radius 3 is 2.52 bits per heavy atom. The van der Waals surface area contributed by atoms with E-state index < -0.39 is 0 Å².